The summed E-state index contributed by atoms with van der Waals surface area (Å²) in [7, 11) is -3.29. The Labute approximate surface area is 480 Å². The number of nitrogens with one attached hydrogen (secondary N) is 1. The van der Waals surface area contributed by atoms with Gasteiger partial charge in [-0.15, -0.1) is 0 Å². The van der Waals surface area contributed by atoms with Gasteiger partial charge in [-0.2, -0.15) is 8.42 Å². The number of aliphatic carboxylic acids is 1. The van der Waals surface area contributed by atoms with Crippen LogP contribution in [0.15, 0.2) is 0 Å². The molecule has 0 aromatic carbocycles. The van der Waals surface area contributed by atoms with E-state index in [4.69, 9.17) is 10.3 Å². The lowest BCUT2D eigenvalue weighted by Crippen LogP contribution is -2.46. The number of nitrogens with zero attached hydrogens (tertiary/aromatic N) is 1. The van der Waals surface area contributed by atoms with Crippen LogP contribution in [0.1, 0.15) is 369 Å². The first-order valence-electron chi connectivity index (χ1n) is 33.5. The van der Waals surface area contributed by atoms with Crippen LogP contribution in [-0.2, 0) is 24.2 Å². The van der Waals surface area contributed by atoms with E-state index in [-0.39, 0.29) is 5.91 Å². The first kappa shape index (κ1) is 79.9. The number of unbranched alkanes of at least 4 members (excludes halogenated alkanes) is 45. The molecule has 0 aliphatic carbocycles. The third-order valence-electron chi connectivity index (χ3n) is 15.7. The SMILES string of the molecule is CCCCCCCCCCCCCCCCCC(=O)NC(CCCCN)C(=O)O.CCCCCCCCCCCCCCCCCCN(CCCCCCCCCCCCCCCCCC)C(C)(O)CC.COS(=O)(=O)O. The van der Waals surface area contributed by atoms with Crippen molar-refractivity contribution in [3.05, 3.63) is 0 Å². The van der Waals surface area contributed by atoms with Gasteiger partial charge in [0, 0.05) is 19.5 Å². The largest absolute Gasteiger partial charge is 0.480 e. The summed E-state index contributed by atoms with van der Waals surface area (Å²) in [4.78, 5) is 25.5. The summed E-state index contributed by atoms with van der Waals surface area (Å²) in [5.74, 6) is -1.09. The van der Waals surface area contributed by atoms with Crippen molar-refractivity contribution in [2.75, 3.05) is 26.7 Å². The molecule has 0 heterocycles. The quantitative estimate of drug-likeness (QED) is 0.0224. The normalized spacial score (nSPS) is 12.7. The second-order valence-electron chi connectivity index (χ2n) is 23.2. The van der Waals surface area contributed by atoms with Crippen LogP contribution in [0.25, 0.3) is 0 Å². The first-order valence-corrected chi connectivity index (χ1v) is 34.8. The molecule has 2 unspecified atom stereocenters. The fourth-order valence-electron chi connectivity index (χ4n) is 10.2. The second-order valence-corrected chi connectivity index (χ2v) is 24.4. The molecule has 77 heavy (non-hydrogen) atoms. The standard InChI is InChI=1S/C40H83NO.C24H48N2O3.CH4O4S/c1-5-8-10-12-14-16-18-20-22-24-26-28-30-32-34-36-38-41(40(4,42)7-3)39-37-35-33-31-29-27-25-23-21-19-17-15-13-11-9-6-2;1-2-3-4-5-6-7-8-9-10-11-12-13-14-15-16-20-23(27)26-22(24(28)29)19-17-18-21-25;1-5-6(2,3)4/h42H,5-39H2,1-4H3;22H,2-21,25H2,1H3,(H,26,27)(H,28,29);1H3,(H,2,3,4). The Kier molecular flexibility index (Phi) is 66.3. The molecule has 0 bridgehead atoms. The van der Waals surface area contributed by atoms with Gasteiger partial charge in [0.25, 0.3) is 0 Å². The van der Waals surface area contributed by atoms with E-state index in [0.29, 0.717) is 19.4 Å². The zero-order chi connectivity index (χ0) is 57.6. The van der Waals surface area contributed by atoms with Crippen LogP contribution in [0.3, 0.4) is 0 Å². The van der Waals surface area contributed by atoms with Gasteiger partial charge in [-0.1, -0.05) is 310 Å². The Morgan fingerprint density at radius 3 is 0.935 bits per heavy atom. The van der Waals surface area contributed by atoms with E-state index < -0.39 is 28.1 Å². The third-order valence-corrected chi connectivity index (χ3v) is 16.1. The molecular formula is C65H135N3O8S. The Hall–Kier alpha value is -1.31. The van der Waals surface area contributed by atoms with E-state index in [0.717, 1.165) is 52.3 Å². The Bertz CT molecular complexity index is 1250. The van der Waals surface area contributed by atoms with Crippen molar-refractivity contribution in [2.45, 2.75) is 380 Å². The number of hydrogen-bond acceptors (Lipinski definition) is 8. The molecular weight excluding hydrogens is 983 g/mol. The van der Waals surface area contributed by atoms with Crippen LogP contribution in [0.2, 0.25) is 0 Å². The Morgan fingerprint density at radius 2 is 0.714 bits per heavy atom. The molecule has 0 aliphatic rings. The van der Waals surface area contributed by atoms with Crippen LogP contribution in [0.4, 0.5) is 0 Å². The van der Waals surface area contributed by atoms with Gasteiger partial charge in [0.2, 0.25) is 5.91 Å². The van der Waals surface area contributed by atoms with Gasteiger partial charge in [-0.05, 0) is 58.4 Å². The van der Waals surface area contributed by atoms with Crippen molar-refractivity contribution in [3.8, 4) is 0 Å². The minimum Gasteiger partial charge on any atom is -0.480 e. The van der Waals surface area contributed by atoms with Crippen LogP contribution >= 0.6 is 0 Å². The molecule has 0 aromatic heterocycles. The maximum Gasteiger partial charge on any atom is 0.397 e. The van der Waals surface area contributed by atoms with Gasteiger partial charge in [0.1, 0.15) is 11.8 Å². The molecule has 0 saturated carbocycles. The van der Waals surface area contributed by atoms with Crippen molar-refractivity contribution in [1.29, 1.82) is 0 Å². The highest BCUT2D eigenvalue weighted by atomic mass is 32.3. The smallest absolute Gasteiger partial charge is 0.397 e. The topological polar surface area (TPSA) is 179 Å². The number of carbonyl (C=O) groups excluding carboxylic acids is 1. The number of hydrogen-bond donors (Lipinski definition) is 5. The summed E-state index contributed by atoms with van der Waals surface area (Å²) in [5, 5.41) is 22.8. The van der Waals surface area contributed by atoms with Crippen molar-refractivity contribution in [2.24, 2.45) is 5.73 Å². The predicted molar refractivity (Wildman–Crippen MR) is 332 cm³/mol. The molecule has 6 N–H and O–H groups in total. The van der Waals surface area contributed by atoms with E-state index in [2.05, 4.69) is 42.1 Å². The molecule has 0 rings (SSSR count). The highest BCUT2D eigenvalue weighted by Crippen LogP contribution is 2.21. The maximum atomic E-state index is 11.9. The molecule has 464 valence electrons. The summed E-state index contributed by atoms with van der Waals surface area (Å²) in [6, 6.07) is -0.773. The molecule has 0 fully saturated rings. The predicted octanol–water partition coefficient (Wildman–Crippen LogP) is 19.3. The average Bonchev–Trinajstić information content (AvgIpc) is 3.40. The number of aliphatic hydroxyl groups is 1. The monoisotopic (exact) mass is 1120 g/mol. The molecule has 0 aromatic rings. The number of carboxylic acid groups (broad SMARTS) is 1. The highest BCUT2D eigenvalue weighted by Gasteiger charge is 2.26. The molecule has 11 nitrogen and oxygen atoms in total. The van der Waals surface area contributed by atoms with Gasteiger partial charge in [0.05, 0.1) is 7.11 Å². The van der Waals surface area contributed by atoms with E-state index in [1.165, 1.54) is 289 Å². The van der Waals surface area contributed by atoms with Crippen molar-refractivity contribution in [1.82, 2.24) is 10.2 Å². The Morgan fingerprint density at radius 1 is 0.468 bits per heavy atom. The number of amides is 1. The van der Waals surface area contributed by atoms with Gasteiger partial charge >= 0.3 is 16.4 Å². The summed E-state index contributed by atoms with van der Waals surface area (Å²) in [6.45, 7) is 13.7. The molecule has 0 spiro atoms. The minimum atomic E-state index is -4.16. The fourth-order valence-corrected chi connectivity index (χ4v) is 10.2. The zero-order valence-corrected chi connectivity index (χ0v) is 53.1. The maximum absolute atomic E-state index is 11.9. The van der Waals surface area contributed by atoms with Gasteiger partial charge in [-0.25, -0.2) is 4.79 Å². The highest BCUT2D eigenvalue weighted by molar-refractivity contribution is 7.80. The molecule has 0 aliphatic heterocycles. The van der Waals surface area contributed by atoms with E-state index in [1.54, 1.807) is 0 Å². The second kappa shape index (κ2) is 63.9. The summed E-state index contributed by atoms with van der Waals surface area (Å²) in [5.41, 5.74) is 4.79. The fraction of sp³-hybridized carbons (Fsp3) is 0.969. The minimum absolute atomic E-state index is 0.139. The Balaban J connectivity index is -0.00000135. The summed E-state index contributed by atoms with van der Waals surface area (Å²) >= 11 is 0. The number of carboxylic acids is 1. The zero-order valence-electron chi connectivity index (χ0n) is 52.3. The van der Waals surface area contributed by atoms with E-state index in [9.17, 15) is 28.2 Å². The summed E-state index contributed by atoms with van der Waals surface area (Å²) < 4.78 is 29.7. The van der Waals surface area contributed by atoms with E-state index in [1.807, 2.05) is 6.92 Å². The van der Waals surface area contributed by atoms with Crippen molar-refractivity contribution >= 4 is 22.3 Å². The number of rotatable bonds is 59. The van der Waals surface area contributed by atoms with Crippen LogP contribution < -0.4 is 11.1 Å². The molecule has 0 radical (unpaired) electrons. The first-order chi connectivity index (χ1) is 37.3. The lowest BCUT2D eigenvalue weighted by molar-refractivity contribution is -0.142. The van der Waals surface area contributed by atoms with Gasteiger partial charge in [0.15, 0.2) is 0 Å². The third kappa shape index (κ3) is 67.1. The lowest BCUT2D eigenvalue weighted by Gasteiger charge is -2.36. The van der Waals surface area contributed by atoms with E-state index >= 15 is 0 Å². The van der Waals surface area contributed by atoms with Crippen LogP contribution in [0, 0.1) is 0 Å². The number of nitrogens with two attached hydrogens (primary N) is 1. The van der Waals surface area contributed by atoms with Crippen molar-refractivity contribution in [3.63, 3.8) is 0 Å². The van der Waals surface area contributed by atoms with Crippen molar-refractivity contribution < 1.29 is 37.0 Å². The lowest BCUT2D eigenvalue weighted by atomic mass is 10.0. The average molecular weight is 1120 g/mol. The summed E-state index contributed by atoms with van der Waals surface area (Å²) in [6.07, 6.45) is 68.0. The van der Waals surface area contributed by atoms with Gasteiger partial charge in [-0.3, -0.25) is 18.4 Å². The molecule has 12 heteroatoms. The molecule has 0 saturated heterocycles. The molecule has 2 atom stereocenters. The van der Waals surface area contributed by atoms with Gasteiger partial charge < -0.3 is 21.3 Å². The number of carbonyl (C=O) groups is 2. The van der Waals surface area contributed by atoms with Crippen LogP contribution in [0.5, 0.6) is 0 Å². The molecule has 1 amide bonds. The van der Waals surface area contributed by atoms with Crippen LogP contribution in [-0.4, -0.2) is 78.5 Å².